The van der Waals surface area contributed by atoms with Crippen LogP contribution in [0.5, 0.6) is 5.75 Å². The number of benzene rings is 1. The number of amides is 1. The summed E-state index contributed by atoms with van der Waals surface area (Å²) in [6.07, 6.45) is -4.04. The summed E-state index contributed by atoms with van der Waals surface area (Å²) in [6, 6.07) is 1.08. The minimum Gasteiger partial charge on any atom is -0.495 e. The third kappa shape index (κ3) is 3.60. The van der Waals surface area contributed by atoms with Crippen LogP contribution in [-0.2, 0) is 6.18 Å². The summed E-state index contributed by atoms with van der Waals surface area (Å²) in [5.74, 6) is -2.51. The first-order chi connectivity index (χ1) is 12.1. The first-order valence-electron chi connectivity index (χ1n) is 7.16. The van der Waals surface area contributed by atoms with Crippen molar-refractivity contribution in [3.63, 3.8) is 0 Å². The van der Waals surface area contributed by atoms with Crippen molar-refractivity contribution in [1.29, 1.82) is 0 Å². The number of aromatic nitrogens is 2. The molecule has 0 spiro atoms. The molecule has 7 nitrogen and oxygen atoms in total. The molecule has 0 aliphatic heterocycles. The molecule has 0 unspecified atom stereocenters. The van der Waals surface area contributed by atoms with E-state index in [0.29, 0.717) is 6.20 Å². The van der Waals surface area contributed by atoms with E-state index in [4.69, 9.17) is 10.5 Å². The maximum Gasteiger partial charge on any atom is 0.421 e. The van der Waals surface area contributed by atoms with E-state index in [1.165, 1.54) is 21.1 Å². The van der Waals surface area contributed by atoms with Crippen molar-refractivity contribution < 1.29 is 27.1 Å². The fourth-order valence-electron chi connectivity index (χ4n) is 2.21. The number of hydrogen-bond acceptors (Lipinski definition) is 6. The van der Waals surface area contributed by atoms with Crippen molar-refractivity contribution in [3.05, 3.63) is 34.8 Å². The average molecular weight is 373 g/mol. The highest BCUT2D eigenvalue weighted by Crippen LogP contribution is 2.36. The lowest BCUT2D eigenvalue weighted by Crippen LogP contribution is -2.16. The van der Waals surface area contributed by atoms with Crippen LogP contribution in [0, 0.1) is 12.7 Å². The fourth-order valence-corrected chi connectivity index (χ4v) is 2.21. The van der Waals surface area contributed by atoms with Crippen molar-refractivity contribution in [2.24, 2.45) is 5.73 Å². The first kappa shape index (κ1) is 19.2. The van der Waals surface area contributed by atoms with Crippen LogP contribution in [0.25, 0.3) is 0 Å². The molecule has 4 N–H and O–H groups in total. The number of methoxy groups -OCH3 is 1. The Morgan fingerprint density at radius 2 is 2.00 bits per heavy atom. The Kier molecular flexibility index (Phi) is 5.19. The maximum atomic E-state index is 14.3. The fraction of sp³-hybridized carbons (Fsp3) is 0.267. The van der Waals surface area contributed by atoms with Crippen molar-refractivity contribution in [3.8, 4) is 5.75 Å². The third-order valence-electron chi connectivity index (χ3n) is 3.52. The summed E-state index contributed by atoms with van der Waals surface area (Å²) in [5, 5.41) is 4.93. The smallest absolute Gasteiger partial charge is 0.421 e. The number of nitrogens with one attached hydrogen (secondary N) is 2. The van der Waals surface area contributed by atoms with Crippen LogP contribution in [0.2, 0.25) is 0 Å². The number of carbonyl (C=O) groups is 1. The summed E-state index contributed by atoms with van der Waals surface area (Å²) >= 11 is 0. The molecule has 2 rings (SSSR count). The van der Waals surface area contributed by atoms with Gasteiger partial charge in [-0.25, -0.2) is 9.37 Å². The first-order valence-corrected chi connectivity index (χ1v) is 7.16. The van der Waals surface area contributed by atoms with E-state index in [9.17, 15) is 22.4 Å². The molecular weight excluding hydrogens is 358 g/mol. The molecule has 1 aromatic carbocycles. The minimum atomic E-state index is -4.64. The van der Waals surface area contributed by atoms with Crippen LogP contribution >= 0.6 is 0 Å². The number of nitrogens with zero attached hydrogens (tertiary/aromatic N) is 2. The van der Waals surface area contributed by atoms with Gasteiger partial charge in [0.15, 0.2) is 0 Å². The lowest BCUT2D eigenvalue weighted by molar-refractivity contribution is -0.137. The van der Waals surface area contributed by atoms with Gasteiger partial charge in [-0.05, 0) is 13.0 Å². The highest BCUT2D eigenvalue weighted by atomic mass is 19.4. The lowest BCUT2D eigenvalue weighted by atomic mass is 10.1. The van der Waals surface area contributed by atoms with E-state index in [1.54, 1.807) is 0 Å². The van der Waals surface area contributed by atoms with Crippen LogP contribution in [0.1, 0.15) is 21.5 Å². The molecule has 0 atom stereocenters. The topological polar surface area (TPSA) is 102 Å². The lowest BCUT2D eigenvalue weighted by Gasteiger charge is -2.17. The Balaban J connectivity index is 2.52. The summed E-state index contributed by atoms with van der Waals surface area (Å²) in [7, 11) is 2.55. The molecule has 1 amide bonds. The molecule has 0 saturated heterocycles. The molecular formula is C15H15F4N5O2. The van der Waals surface area contributed by atoms with Gasteiger partial charge in [0.25, 0.3) is 5.91 Å². The van der Waals surface area contributed by atoms with E-state index >= 15 is 0 Å². The second-order valence-electron chi connectivity index (χ2n) is 5.13. The second kappa shape index (κ2) is 7.02. The van der Waals surface area contributed by atoms with Crippen molar-refractivity contribution in [1.82, 2.24) is 9.97 Å². The number of carbonyl (C=O) groups excluding carboxylic acids is 1. The Morgan fingerprint density at radius 1 is 1.35 bits per heavy atom. The van der Waals surface area contributed by atoms with Crippen molar-refractivity contribution >= 4 is 23.4 Å². The van der Waals surface area contributed by atoms with Gasteiger partial charge in [0, 0.05) is 18.8 Å². The SMILES string of the molecule is CNc1nc(Nc2c(OC)cc(C(N)=O)c(F)c2C)ncc1C(F)(F)F. The summed E-state index contributed by atoms with van der Waals surface area (Å²) in [4.78, 5) is 18.6. The quantitative estimate of drug-likeness (QED) is 0.697. The zero-order valence-electron chi connectivity index (χ0n) is 14.0. The van der Waals surface area contributed by atoms with Gasteiger partial charge in [-0.15, -0.1) is 0 Å². The molecule has 0 bridgehead atoms. The summed E-state index contributed by atoms with van der Waals surface area (Å²) < 4.78 is 58.1. The van der Waals surface area contributed by atoms with Crippen molar-refractivity contribution in [2.75, 3.05) is 24.8 Å². The van der Waals surface area contributed by atoms with Gasteiger partial charge < -0.3 is 21.1 Å². The van der Waals surface area contributed by atoms with Gasteiger partial charge in [0.2, 0.25) is 5.95 Å². The van der Waals surface area contributed by atoms with Gasteiger partial charge in [0.1, 0.15) is 22.9 Å². The Bertz CT molecular complexity index is 855. The Morgan fingerprint density at radius 3 is 2.50 bits per heavy atom. The van der Waals surface area contributed by atoms with Gasteiger partial charge >= 0.3 is 6.18 Å². The molecule has 1 aromatic heterocycles. The predicted octanol–water partition coefficient (Wildman–Crippen LogP) is 2.84. The summed E-state index contributed by atoms with van der Waals surface area (Å²) in [5.41, 5.74) is 3.70. The molecule has 2 aromatic rings. The number of alkyl halides is 3. The number of ether oxygens (including phenoxy) is 1. The number of anilines is 3. The van der Waals surface area contributed by atoms with E-state index in [-0.39, 0.29) is 28.5 Å². The van der Waals surface area contributed by atoms with E-state index in [2.05, 4.69) is 20.6 Å². The van der Waals surface area contributed by atoms with Crippen LogP contribution in [0.15, 0.2) is 12.3 Å². The second-order valence-corrected chi connectivity index (χ2v) is 5.13. The number of halogens is 4. The average Bonchev–Trinajstić information content (AvgIpc) is 2.57. The van der Waals surface area contributed by atoms with Gasteiger partial charge in [-0.3, -0.25) is 4.79 Å². The molecule has 11 heteroatoms. The minimum absolute atomic E-state index is 0.0346. The van der Waals surface area contributed by atoms with Gasteiger partial charge in [-0.2, -0.15) is 18.2 Å². The molecule has 0 aliphatic rings. The standard InChI is InChI=1S/C15H15F4N5O2/c1-6-10(16)7(12(20)25)4-9(26-3)11(6)23-14-22-5-8(15(17,18)19)13(21-2)24-14/h4-5H,1-3H3,(H2,20,25)(H2,21,22,23,24). The largest absolute Gasteiger partial charge is 0.495 e. The zero-order valence-corrected chi connectivity index (χ0v) is 14.0. The van der Waals surface area contributed by atoms with Gasteiger partial charge in [-0.1, -0.05) is 0 Å². The third-order valence-corrected chi connectivity index (χ3v) is 3.52. The maximum absolute atomic E-state index is 14.3. The van der Waals surface area contributed by atoms with Crippen LogP contribution in [0.3, 0.4) is 0 Å². The molecule has 0 saturated carbocycles. The molecule has 0 radical (unpaired) electrons. The predicted molar refractivity (Wildman–Crippen MR) is 86.1 cm³/mol. The normalized spacial score (nSPS) is 11.2. The molecule has 0 fully saturated rings. The number of nitrogens with two attached hydrogens (primary N) is 1. The van der Waals surface area contributed by atoms with E-state index in [0.717, 1.165) is 6.07 Å². The van der Waals surface area contributed by atoms with Crippen molar-refractivity contribution in [2.45, 2.75) is 13.1 Å². The zero-order chi connectivity index (χ0) is 19.6. The molecule has 0 aliphatic carbocycles. The molecule has 1 heterocycles. The molecule has 140 valence electrons. The highest BCUT2D eigenvalue weighted by molar-refractivity contribution is 5.95. The van der Waals surface area contributed by atoms with Gasteiger partial charge in [0.05, 0.1) is 18.4 Å². The monoisotopic (exact) mass is 373 g/mol. The number of primary amides is 1. The van der Waals surface area contributed by atoms with Crippen LogP contribution in [-0.4, -0.2) is 30.0 Å². The summed E-state index contributed by atoms with van der Waals surface area (Å²) in [6.45, 7) is 1.34. The van der Waals surface area contributed by atoms with Crippen LogP contribution < -0.4 is 21.1 Å². The number of rotatable bonds is 5. The Hall–Kier alpha value is -3.11. The Labute approximate surface area is 145 Å². The highest BCUT2D eigenvalue weighted by Gasteiger charge is 2.35. The molecule has 26 heavy (non-hydrogen) atoms. The van der Waals surface area contributed by atoms with Crippen LogP contribution in [0.4, 0.5) is 35.0 Å². The van der Waals surface area contributed by atoms with E-state index < -0.39 is 29.3 Å². The van der Waals surface area contributed by atoms with E-state index in [1.807, 2.05) is 0 Å². The number of hydrogen-bond donors (Lipinski definition) is 3.